The third-order valence-corrected chi connectivity index (χ3v) is 4.63. The second-order valence-electron chi connectivity index (χ2n) is 6.38. The zero-order valence-electron chi connectivity index (χ0n) is 13.6. The Balaban J connectivity index is 1.45. The molecule has 1 aromatic rings. The van der Waals surface area contributed by atoms with Gasteiger partial charge in [0.05, 0.1) is 6.20 Å². The zero-order valence-corrected chi connectivity index (χ0v) is 13.6. The molecule has 0 unspecified atom stereocenters. The van der Waals surface area contributed by atoms with Gasteiger partial charge < -0.3 is 10.5 Å². The number of carbonyl (C=O) groups is 1. The summed E-state index contributed by atoms with van der Waals surface area (Å²) in [5, 5.41) is 0. The van der Waals surface area contributed by atoms with Crippen LogP contribution >= 0.6 is 0 Å². The summed E-state index contributed by atoms with van der Waals surface area (Å²) in [4.78, 5) is 20.4. The van der Waals surface area contributed by atoms with Crippen LogP contribution in [0.1, 0.15) is 32.1 Å². The number of ether oxygens (including phenoxy) is 1. The van der Waals surface area contributed by atoms with Crippen molar-refractivity contribution in [1.82, 2.24) is 9.88 Å². The topological polar surface area (TPSA) is 71.7 Å². The maximum atomic E-state index is 11.9. The molecule has 0 spiro atoms. The number of nitrogens with two attached hydrogens (primary N) is 1. The lowest BCUT2D eigenvalue weighted by Crippen LogP contribution is -2.41. The quantitative estimate of drug-likeness (QED) is 0.888. The highest BCUT2D eigenvalue weighted by atomic mass is 16.5. The molecule has 3 rings (SSSR count). The van der Waals surface area contributed by atoms with E-state index in [1.807, 2.05) is 12.1 Å². The van der Waals surface area contributed by atoms with Crippen LogP contribution in [0, 0.1) is 0 Å². The van der Waals surface area contributed by atoms with E-state index in [1.54, 1.807) is 11.1 Å². The van der Waals surface area contributed by atoms with Gasteiger partial charge in [-0.25, -0.2) is 4.98 Å². The summed E-state index contributed by atoms with van der Waals surface area (Å²) >= 11 is 0. The molecule has 1 aromatic heterocycles. The largest absolute Gasteiger partial charge is 0.491 e. The fourth-order valence-electron chi connectivity index (χ4n) is 3.13. The van der Waals surface area contributed by atoms with Crippen molar-refractivity contribution in [3.63, 3.8) is 0 Å². The first-order valence-electron chi connectivity index (χ1n) is 8.59. The molecule has 1 amide bonds. The molecule has 2 aliphatic rings. The molecular formula is C17H26N4O2. The molecular weight excluding hydrogens is 292 g/mol. The number of hydrogen-bond acceptors (Lipinski definition) is 5. The zero-order chi connectivity index (χ0) is 16.1. The van der Waals surface area contributed by atoms with Crippen molar-refractivity contribution in [3.8, 4) is 5.75 Å². The number of nitrogens with zero attached hydrogens (tertiary/aromatic N) is 3. The molecule has 2 N–H and O–H groups in total. The van der Waals surface area contributed by atoms with E-state index in [4.69, 9.17) is 10.5 Å². The van der Waals surface area contributed by atoms with E-state index >= 15 is 0 Å². The Kier molecular flexibility index (Phi) is 5.46. The van der Waals surface area contributed by atoms with Crippen molar-refractivity contribution >= 4 is 11.7 Å². The first-order chi connectivity index (χ1) is 11.2. The number of rotatable bonds is 5. The predicted octanol–water partition coefficient (Wildman–Crippen LogP) is 1.40. The van der Waals surface area contributed by atoms with Crippen molar-refractivity contribution in [2.75, 3.05) is 37.7 Å². The smallest absolute Gasteiger partial charge is 0.228 e. The van der Waals surface area contributed by atoms with E-state index < -0.39 is 0 Å². The van der Waals surface area contributed by atoms with Crippen molar-refractivity contribution in [1.29, 1.82) is 0 Å². The Bertz CT molecular complexity index is 512. The van der Waals surface area contributed by atoms with Gasteiger partial charge in [-0.1, -0.05) is 0 Å². The van der Waals surface area contributed by atoms with Gasteiger partial charge in [0, 0.05) is 25.6 Å². The van der Waals surface area contributed by atoms with Gasteiger partial charge >= 0.3 is 0 Å². The number of carbonyl (C=O) groups excluding carboxylic acids is 1. The molecule has 126 valence electrons. The molecule has 0 saturated carbocycles. The fourth-order valence-corrected chi connectivity index (χ4v) is 3.13. The van der Waals surface area contributed by atoms with Crippen LogP contribution in [0.15, 0.2) is 18.3 Å². The summed E-state index contributed by atoms with van der Waals surface area (Å²) in [6.07, 6.45) is 6.51. The molecule has 0 bridgehead atoms. The highest BCUT2D eigenvalue weighted by molar-refractivity contribution is 5.93. The van der Waals surface area contributed by atoms with Crippen LogP contribution in [0.25, 0.3) is 0 Å². The van der Waals surface area contributed by atoms with Crippen LogP contribution in [0.3, 0.4) is 0 Å². The standard InChI is InChI=1S/C17H26N4O2/c18-14-6-9-20(10-7-14)11-12-23-15-4-5-16(19-13-15)21-8-2-1-3-17(21)22/h4-5,13-14H,1-3,6-12,18H2. The molecule has 0 aliphatic carbocycles. The Hall–Kier alpha value is -1.66. The van der Waals surface area contributed by atoms with Gasteiger partial charge in [-0.2, -0.15) is 0 Å². The van der Waals surface area contributed by atoms with Gasteiger partial charge in [0.25, 0.3) is 0 Å². The summed E-state index contributed by atoms with van der Waals surface area (Å²) in [7, 11) is 0. The Morgan fingerprint density at radius 3 is 2.74 bits per heavy atom. The van der Waals surface area contributed by atoms with E-state index in [0.29, 0.717) is 19.1 Å². The third kappa shape index (κ3) is 4.42. The lowest BCUT2D eigenvalue weighted by atomic mass is 10.1. The molecule has 2 saturated heterocycles. The monoisotopic (exact) mass is 318 g/mol. The number of aromatic nitrogens is 1. The highest BCUT2D eigenvalue weighted by Gasteiger charge is 2.20. The van der Waals surface area contributed by atoms with Crippen molar-refractivity contribution < 1.29 is 9.53 Å². The average Bonchev–Trinajstić information content (AvgIpc) is 2.58. The van der Waals surface area contributed by atoms with Crippen molar-refractivity contribution in [2.45, 2.75) is 38.1 Å². The maximum Gasteiger partial charge on any atom is 0.228 e. The van der Waals surface area contributed by atoms with Crippen LogP contribution in [-0.4, -0.2) is 54.6 Å². The number of pyridine rings is 1. The molecule has 2 aliphatic heterocycles. The van der Waals surface area contributed by atoms with Crippen LogP contribution in [0.5, 0.6) is 5.75 Å². The second-order valence-corrected chi connectivity index (χ2v) is 6.38. The molecule has 6 heteroatoms. The number of piperidine rings is 2. The Labute approximate surface area is 137 Å². The predicted molar refractivity (Wildman–Crippen MR) is 89.6 cm³/mol. The van der Waals surface area contributed by atoms with Gasteiger partial charge in [0.2, 0.25) is 5.91 Å². The summed E-state index contributed by atoms with van der Waals surface area (Å²) in [6.45, 7) is 4.44. The molecule has 6 nitrogen and oxygen atoms in total. The van der Waals surface area contributed by atoms with Gasteiger partial charge in [0.1, 0.15) is 18.2 Å². The number of hydrogen-bond donors (Lipinski definition) is 1. The van der Waals surface area contributed by atoms with Gasteiger partial charge in [-0.3, -0.25) is 14.6 Å². The Morgan fingerprint density at radius 2 is 2.04 bits per heavy atom. The molecule has 0 aromatic carbocycles. The van der Waals surface area contributed by atoms with Crippen LogP contribution < -0.4 is 15.4 Å². The first-order valence-corrected chi connectivity index (χ1v) is 8.59. The lowest BCUT2D eigenvalue weighted by Gasteiger charge is -2.29. The van der Waals surface area contributed by atoms with E-state index in [0.717, 1.165) is 63.4 Å². The van der Waals surface area contributed by atoms with Gasteiger partial charge in [-0.05, 0) is 50.9 Å². The molecule has 2 fully saturated rings. The minimum absolute atomic E-state index is 0.167. The third-order valence-electron chi connectivity index (χ3n) is 4.63. The highest BCUT2D eigenvalue weighted by Crippen LogP contribution is 2.20. The molecule has 0 radical (unpaired) electrons. The molecule has 23 heavy (non-hydrogen) atoms. The fraction of sp³-hybridized carbons (Fsp3) is 0.647. The van der Waals surface area contributed by atoms with E-state index in [1.165, 1.54) is 0 Å². The van der Waals surface area contributed by atoms with E-state index in [-0.39, 0.29) is 5.91 Å². The van der Waals surface area contributed by atoms with Crippen LogP contribution in [-0.2, 0) is 4.79 Å². The molecule has 0 atom stereocenters. The average molecular weight is 318 g/mol. The SMILES string of the molecule is NC1CCN(CCOc2ccc(N3CCCCC3=O)nc2)CC1. The van der Waals surface area contributed by atoms with Crippen molar-refractivity contribution in [3.05, 3.63) is 18.3 Å². The lowest BCUT2D eigenvalue weighted by molar-refractivity contribution is -0.119. The van der Waals surface area contributed by atoms with Crippen LogP contribution in [0.2, 0.25) is 0 Å². The van der Waals surface area contributed by atoms with Gasteiger partial charge in [0.15, 0.2) is 0 Å². The molecule has 3 heterocycles. The van der Waals surface area contributed by atoms with Gasteiger partial charge in [-0.15, -0.1) is 0 Å². The second kappa shape index (κ2) is 7.75. The minimum atomic E-state index is 0.167. The number of likely N-dealkylation sites (tertiary alicyclic amines) is 1. The summed E-state index contributed by atoms with van der Waals surface area (Å²) in [5.74, 6) is 1.65. The number of anilines is 1. The number of amides is 1. The first kappa shape index (κ1) is 16.2. The van der Waals surface area contributed by atoms with Crippen LogP contribution in [0.4, 0.5) is 5.82 Å². The summed E-state index contributed by atoms with van der Waals surface area (Å²) in [5.41, 5.74) is 5.91. The van der Waals surface area contributed by atoms with E-state index in [2.05, 4.69) is 9.88 Å². The van der Waals surface area contributed by atoms with E-state index in [9.17, 15) is 4.79 Å². The van der Waals surface area contributed by atoms with Crippen molar-refractivity contribution in [2.24, 2.45) is 5.73 Å². The summed E-state index contributed by atoms with van der Waals surface area (Å²) in [6, 6.07) is 4.14. The minimum Gasteiger partial charge on any atom is -0.491 e. The normalized spacial score (nSPS) is 20.7. The Morgan fingerprint density at radius 1 is 1.22 bits per heavy atom. The maximum absolute atomic E-state index is 11.9. The summed E-state index contributed by atoms with van der Waals surface area (Å²) < 4.78 is 5.77.